The van der Waals surface area contributed by atoms with Gasteiger partial charge < -0.3 is 9.32 Å². The number of carbonyl (C=O) groups is 1. The Hall–Kier alpha value is -1.82. The first-order valence-corrected chi connectivity index (χ1v) is 8.81. The van der Waals surface area contributed by atoms with E-state index in [1.54, 1.807) is 0 Å². The van der Waals surface area contributed by atoms with Crippen LogP contribution in [0.4, 0.5) is 5.69 Å². The molecule has 5 nitrogen and oxygen atoms in total. The number of amides is 1. The van der Waals surface area contributed by atoms with Gasteiger partial charge in [0.1, 0.15) is 0 Å². The fourth-order valence-corrected chi connectivity index (χ4v) is 3.69. The topological polar surface area (TPSA) is 59.2 Å². The standard InChI is InChI=1S/C17H21N3O2S/c1-11(2)17-19-18-15(22-17)8-9-16(21)20-10-12(3)23-14-7-5-4-6-13(14)20/h4-7,11-12H,8-10H2,1-3H3/t12-/m0/s1. The van der Waals surface area contributed by atoms with E-state index in [4.69, 9.17) is 4.42 Å². The lowest BCUT2D eigenvalue weighted by atomic mass is 10.2. The van der Waals surface area contributed by atoms with E-state index in [2.05, 4.69) is 23.2 Å². The van der Waals surface area contributed by atoms with E-state index >= 15 is 0 Å². The molecule has 1 aliphatic rings. The van der Waals surface area contributed by atoms with Crippen LogP contribution < -0.4 is 4.90 Å². The Balaban J connectivity index is 1.68. The third-order valence-electron chi connectivity index (χ3n) is 3.75. The number of rotatable bonds is 4. The van der Waals surface area contributed by atoms with Crippen molar-refractivity contribution in [1.29, 1.82) is 0 Å². The Kier molecular flexibility index (Phi) is 4.71. The molecule has 122 valence electrons. The number of hydrogen-bond donors (Lipinski definition) is 0. The van der Waals surface area contributed by atoms with Crippen molar-refractivity contribution < 1.29 is 9.21 Å². The largest absolute Gasteiger partial charge is 0.425 e. The molecule has 0 aliphatic carbocycles. The molecule has 6 heteroatoms. The molecule has 2 heterocycles. The van der Waals surface area contributed by atoms with Gasteiger partial charge in [0.15, 0.2) is 0 Å². The van der Waals surface area contributed by atoms with Gasteiger partial charge in [-0.15, -0.1) is 22.0 Å². The Morgan fingerprint density at radius 2 is 2.17 bits per heavy atom. The molecule has 0 saturated heterocycles. The number of anilines is 1. The number of nitrogens with zero attached hydrogens (tertiary/aromatic N) is 3. The van der Waals surface area contributed by atoms with Gasteiger partial charge in [-0.1, -0.05) is 32.9 Å². The summed E-state index contributed by atoms with van der Waals surface area (Å²) in [5.41, 5.74) is 1.01. The van der Waals surface area contributed by atoms with E-state index in [9.17, 15) is 4.79 Å². The average Bonchev–Trinajstić information content (AvgIpc) is 3.01. The van der Waals surface area contributed by atoms with Gasteiger partial charge in [-0.2, -0.15) is 0 Å². The molecule has 23 heavy (non-hydrogen) atoms. The van der Waals surface area contributed by atoms with Crippen LogP contribution in [-0.4, -0.2) is 27.9 Å². The van der Waals surface area contributed by atoms with Crippen LogP contribution in [0.25, 0.3) is 0 Å². The molecule has 2 aromatic rings. The summed E-state index contributed by atoms with van der Waals surface area (Å²) in [6.07, 6.45) is 0.865. The second-order valence-corrected chi connectivity index (χ2v) is 7.57. The van der Waals surface area contributed by atoms with Crippen LogP contribution in [0.1, 0.15) is 44.9 Å². The maximum Gasteiger partial charge on any atom is 0.227 e. The number of carbonyl (C=O) groups excluding carboxylic acids is 1. The molecular formula is C17H21N3O2S. The van der Waals surface area contributed by atoms with Crippen LogP contribution in [0.15, 0.2) is 33.6 Å². The van der Waals surface area contributed by atoms with Crippen molar-refractivity contribution >= 4 is 23.4 Å². The molecule has 0 unspecified atom stereocenters. The normalized spacial score (nSPS) is 17.4. The van der Waals surface area contributed by atoms with E-state index in [1.165, 1.54) is 4.90 Å². The van der Waals surface area contributed by atoms with Crippen molar-refractivity contribution in [2.24, 2.45) is 0 Å². The third kappa shape index (κ3) is 3.58. The molecule has 0 N–H and O–H groups in total. The van der Waals surface area contributed by atoms with Crippen LogP contribution in [0.2, 0.25) is 0 Å². The number of para-hydroxylation sites is 1. The minimum absolute atomic E-state index is 0.105. The van der Waals surface area contributed by atoms with Crippen molar-refractivity contribution in [3.8, 4) is 0 Å². The highest BCUT2D eigenvalue weighted by molar-refractivity contribution is 8.00. The zero-order valence-electron chi connectivity index (χ0n) is 13.7. The molecule has 1 aromatic heterocycles. The molecule has 0 saturated carbocycles. The Bertz CT molecular complexity index is 699. The van der Waals surface area contributed by atoms with Gasteiger partial charge in [0.2, 0.25) is 17.7 Å². The Morgan fingerprint density at radius 3 is 2.91 bits per heavy atom. The third-order valence-corrected chi connectivity index (χ3v) is 4.90. The number of aryl methyl sites for hydroxylation is 1. The smallest absolute Gasteiger partial charge is 0.227 e. The molecule has 1 atom stereocenters. The fourth-order valence-electron chi connectivity index (χ4n) is 2.58. The van der Waals surface area contributed by atoms with Crippen LogP contribution >= 0.6 is 11.8 Å². The first-order chi connectivity index (χ1) is 11.0. The maximum absolute atomic E-state index is 12.6. The van der Waals surface area contributed by atoms with Gasteiger partial charge in [-0.05, 0) is 12.1 Å². The van der Waals surface area contributed by atoms with E-state index in [1.807, 2.05) is 48.7 Å². The zero-order chi connectivity index (χ0) is 16.4. The predicted octanol–water partition coefficient (Wildman–Crippen LogP) is 3.65. The van der Waals surface area contributed by atoms with Crippen molar-refractivity contribution in [3.05, 3.63) is 36.0 Å². The zero-order valence-corrected chi connectivity index (χ0v) is 14.5. The van der Waals surface area contributed by atoms with Crippen LogP contribution in [-0.2, 0) is 11.2 Å². The van der Waals surface area contributed by atoms with Crippen LogP contribution in [0.5, 0.6) is 0 Å². The van der Waals surface area contributed by atoms with Gasteiger partial charge in [-0.25, -0.2) is 0 Å². The van der Waals surface area contributed by atoms with Crippen molar-refractivity contribution in [1.82, 2.24) is 10.2 Å². The highest BCUT2D eigenvalue weighted by Crippen LogP contribution is 2.38. The molecule has 3 rings (SSSR count). The van der Waals surface area contributed by atoms with Crippen LogP contribution in [0.3, 0.4) is 0 Å². The van der Waals surface area contributed by atoms with E-state index in [0.717, 1.165) is 12.2 Å². The minimum atomic E-state index is 0.105. The molecule has 1 aromatic carbocycles. The lowest BCUT2D eigenvalue weighted by Crippen LogP contribution is -2.38. The van der Waals surface area contributed by atoms with Crippen molar-refractivity contribution in [3.63, 3.8) is 0 Å². The quantitative estimate of drug-likeness (QED) is 0.856. The first kappa shape index (κ1) is 16.1. The summed E-state index contributed by atoms with van der Waals surface area (Å²) in [5.74, 6) is 1.48. The maximum atomic E-state index is 12.6. The second-order valence-electron chi connectivity index (χ2n) is 6.09. The number of aromatic nitrogens is 2. The number of fused-ring (bicyclic) bond motifs is 1. The fraction of sp³-hybridized carbons (Fsp3) is 0.471. The summed E-state index contributed by atoms with van der Waals surface area (Å²) < 4.78 is 5.58. The molecular weight excluding hydrogens is 310 g/mol. The summed E-state index contributed by atoms with van der Waals surface area (Å²) >= 11 is 1.82. The molecule has 0 spiro atoms. The van der Waals surface area contributed by atoms with Gasteiger partial charge in [0.25, 0.3) is 0 Å². The average molecular weight is 331 g/mol. The lowest BCUT2D eigenvalue weighted by molar-refractivity contribution is -0.118. The summed E-state index contributed by atoms with van der Waals surface area (Å²) in [7, 11) is 0. The Morgan fingerprint density at radius 1 is 1.39 bits per heavy atom. The van der Waals surface area contributed by atoms with Gasteiger partial charge in [0, 0.05) is 35.4 Å². The lowest BCUT2D eigenvalue weighted by Gasteiger charge is -2.32. The van der Waals surface area contributed by atoms with Crippen molar-refractivity contribution in [2.45, 2.75) is 49.7 Å². The second kappa shape index (κ2) is 6.74. The highest BCUT2D eigenvalue weighted by atomic mass is 32.2. The van der Waals surface area contributed by atoms with E-state index in [-0.39, 0.29) is 11.8 Å². The van der Waals surface area contributed by atoms with Crippen LogP contribution in [0, 0.1) is 0 Å². The van der Waals surface area contributed by atoms with E-state index in [0.29, 0.717) is 29.9 Å². The monoisotopic (exact) mass is 331 g/mol. The highest BCUT2D eigenvalue weighted by Gasteiger charge is 2.26. The SMILES string of the molecule is CC(C)c1nnc(CCC(=O)N2C[C@H](C)Sc3ccccc32)o1. The number of benzene rings is 1. The predicted molar refractivity (Wildman–Crippen MR) is 90.8 cm³/mol. The van der Waals surface area contributed by atoms with Gasteiger partial charge in [-0.3, -0.25) is 4.79 Å². The number of thioether (sulfide) groups is 1. The molecule has 0 bridgehead atoms. The Labute approximate surface area is 140 Å². The summed E-state index contributed by atoms with van der Waals surface area (Å²) in [5, 5.41) is 8.42. The summed E-state index contributed by atoms with van der Waals surface area (Å²) in [4.78, 5) is 15.7. The van der Waals surface area contributed by atoms with Gasteiger partial charge >= 0.3 is 0 Å². The van der Waals surface area contributed by atoms with Gasteiger partial charge in [0.05, 0.1) is 5.69 Å². The first-order valence-electron chi connectivity index (χ1n) is 7.93. The van der Waals surface area contributed by atoms with Crippen molar-refractivity contribution in [2.75, 3.05) is 11.4 Å². The summed E-state index contributed by atoms with van der Waals surface area (Å²) in [6.45, 7) is 6.90. The molecule has 1 aliphatic heterocycles. The molecule has 0 fully saturated rings. The molecule has 1 amide bonds. The number of hydrogen-bond acceptors (Lipinski definition) is 5. The minimum Gasteiger partial charge on any atom is -0.425 e. The summed E-state index contributed by atoms with van der Waals surface area (Å²) in [6, 6.07) is 8.07. The van der Waals surface area contributed by atoms with E-state index < -0.39 is 0 Å². The molecule has 0 radical (unpaired) electrons.